The first-order valence-corrected chi connectivity index (χ1v) is 11.1. The number of benzene rings is 2. The number of nitrogens with zero attached hydrogens (tertiary/aromatic N) is 5. The van der Waals surface area contributed by atoms with Crippen LogP contribution in [-0.4, -0.2) is 39.2 Å². The number of aromatic nitrogens is 4. The maximum absolute atomic E-state index is 13.9. The van der Waals surface area contributed by atoms with E-state index in [1.807, 2.05) is 35.2 Å². The van der Waals surface area contributed by atoms with Gasteiger partial charge in [-0.1, -0.05) is 18.2 Å². The van der Waals surface area contributed by atoms with Crippen molar-refractivity contribution in [3.05, 3.63) is 83.5 Å². The van der Waals surface area contributed by atoms with Crippen molar-refractivity contribution in [2.24, 2.45) is 0 Å². The van der Waals surface area contributed by atoms with E-state index in [4.69, 9.17) is 4.98 Å². The molecule has 2 aromatic carbocycles. The molecule has 1 saturated heterocycles. The van der Waals surface area contributed by atoms with E-state index in [1.165, 1.54) is 12.1 Å². The zero-order chi connectivity index (χ0) is 23.9. The van der Waals surface area contributed by atoms with E-state index < -0.39 is 6.61 Å². The summed E-state index contributed by atoms with van der Waals surface area (Å²) in [6.45, 7) is -1.20. The predicted molar refractivity (Wildman–Crippen MR) is 129 cm³/mol. The molecule has 9 heteroatoms. The molecule has 0 radical (unpaired) electrons. The number of anilines is 1. The van der Waals surface area contributed by atoms with Crippen molar-refractivity contribution < 1.29 is 13.5 Å². The van der Waals surface area contributed by atoms with E-state index >= 15 is 0 Å². The van der Waals surface area contributed by atoms with Crippen molar-refractivity contribution in [3.8, 4) is 22.6 Å². The number of ether oxygens (including phenoxy) is 1. The molecule has 0 unspecified atom stereocenters. The summed E-state index contributed by atoms with van der Waals surface area (Å²) in [6, 6.07) is 15.4. The van der Waals surface area contributed by atoms with E-state index in [0.717, 1.165) is 30.4 Å². The van der Waals surface area contributed by atoms with Crippen LogP contribution in [-0.2, 0) is 0 Å². The van der Waals surface area contributed by atoms with Crippen LogP contribution in [0.4, 0.5) is 14.7 Å². The molecule has 0 bridgehead atoms. The molecule has 3 aromatic heterocycles. The van der Waals surface area contributed by atoms with Gasteiger partial charge in [0.2, 0.25) is 5.95 Å². The Bertz CT molecular complexity index is 1610. The summed E-state index contributed by atoms with van der Waals surface area (Å²) < 4.78 is 31.3. The largest absolute Gasteiger partial charge is 0.435 e. The van der Waals surface area contributed by atoms with Gasteiger partial charge < -0.3 is 9.64 Å². The molecule has 1 aliphatic rings. The highest BCUT2D eigenvalue weighted by Gasteiger charge is 2.21. The monoisotopic (exact) mass is 471 g/mol. The third kappa shape index (κ3) is 3.84. The minimum absolute atomic E-state index is 0.0160. The fourth-order valence-electron chi connectivity index (χ4n) is 4.23. The maximum atomic E-state index is 13.9. The molecule has 0 amide bonds. The number of alkyl halides is 2. The Balaban J connectivity index is 1.57. The van der Waals surface area contributed by atoms with Crippen molar-refractivity contribution >= 4 is 27.8 Å². The lowest BCUT2D eigenvalue weighted by molar-refractivity contribution is -0.0498. The van der Waals surface area contributed by atoms with Gasteiger partial charge in [-0.05, 0) is 48.4 Å². The molecule has 0 saturated carbocycles. The van der Waals surface area contributed by atoms with Gasteiger partial charge in [0.15, 0.2) is 0 Å². The van der Waals surface area contributed by atoms with Crippen LogP contribution < -0.4 is 15.2 Å². The summed E-state index contributed by atoms with van der Waals surface area (Å²) in [5.41, 5.74) is 2.63. The topological polar surface area (TPSA) is 73.1 Å². The number of pyridine rings is 2. The Morgan fingerprint density at radius 2 is 1.80 bits per heavy atom. The number of fused-ring (bicyclic) bond motifs is 2. The summed E-state index contributed by atoms with van der Waals surface area (Å²) in [6.07, 6.45) is 6.23. The maximum Gasteiger partial charge on any atom is 0.387 e. The molecule has 35 heavy (non-hydrogen) atoms. The first-order valence-electron chi connectivity index (χ1n) is 11.1. The first kappa shape index (κ1) is 21.2. The molecule has 1 fully saturated rings. The van der Waals surface area contributed by atoms with Gasteiger partial charge in [0.1, 0.15) is 5.75 Å². The summed E-state index contributed by atoms with van der Waals surface area (Å²) >= 11 is 0. The Labute approximate surface area is 198 Å². The third-order valence-corrected chi connectivity index (χ3v) is 6.11. The zero-order valence-electron chi connectivity index (χ0n) is 18.4. The van der Waals surface area contributed by atoms with Crippen molar-refractivity contribution in [2.45, 2.75) is 13.0 Å². The number of hydrogen-bond donors (Lipinski definition) is 0. The van der Waals surface area contributed by atoms with Gasteiger partial charge >= 0.3 is 6.61 Å². The lowest BCUT2D eigenvalue weighted by Gasteiger charge is -2.30. The van der Waals surface area contributed by atoms with Gasteiger partial charge in [-0.3, -0.25) is 14.3 Å². The van der Waals surface area contributed by atoms with Crippen LogP contribution >= 0.6 is 0 Å². The first-order chi connectivity index (χ1) is 17.1. The molecule has 1 aliphatic heterocycles. The Kier molecular flexibility index (Phi) is 5.09. The molecule has 7 nitrogen and oxygen atoms in total. The average Bonchev–Trinajstić information content (AvgIpc) is 2.83. The van der Waals surface area contributed by atoms with Crippen molar-refractivity contribution in [2.75, 3.05) is 18.0 Å². The van der Waals surface area contributed by atoms with Crippen molar-refractivity contribution in [1.82, 2.24) is 19.5 Å². The number of halogens is 2. The number of rotatable bonds is 5. The van der Waals surface area contributed by atoms with E-state index in [0.29, 0.717) is 33.7 Å². The number of hydrogen-bond acceptors (Lipinski definition) is 6. The Morgan fingerprint density at radius 1 is 0.971 bits per heavy atom. The molecule has 6 rings (SSSR count). The lowest BCUT2D eigenvalue weighted by atomic mass is 10.0. The summed E-state index contributed by atoms with van der Waals surface area (Å²) in [4.78, 5) is 29.5. The standard InChI is InChI=1S/C26H19F2N5O2/c27-25(28)35-20-7-4-16(5-8-20)22-23-18(14-30-26(31-23)32-11-2-12-32)15-33(24(22)34)19-6-9-21-17(13-19)3-1-10-29-21/h1,3-10,13-15,25H,2,11-12H2. The second-order valence-electron chi connectivity index (χ2n) is 8.28. The highest BCUT2D eigenvalue weighted by molar-refractivity contribution is 5.93. The van der Waals surface area contributed by atoms with Gasteiger partial charge in [0.25, 0.3) is 5.56 Å². The van der Waals surface area contributed by atoms with Crippen LogP contribution in [0.5, 0.6) is 5.75 Å². The van der Waals surface area contributed by atoms with Crippen LogP contribution in [0.25, 0.3) is 38.6 Å². The van der Waals surface area contributed by atoms with Crippen LogP contribution in [0.2, 0.25) is 0 Å². The summed E-state index contributed by atoms with van der Waals surface area (Å²) in [5, 5.41) is 1.58. The zero-order valence-corrected chi connectivity index (χ0v) is 18.4. The molecular weight excluding hydrogens is 452 g/mol. The van der Waals surface area contributed by atoms with Gasteiger partial charge in [-0.15, -0.1) is 0 Å². The highest BCUT2D eigenvalue weighted by Crippen LogP contribution is 2.29. The van der Waals surface area contributed by atoms with Crippen LogP contribution in [0.1, 0.15) is 6.42 Å². The van der Waals surface area contributed by atoms with Crippen LogP contribution in [0, 0.1) is 0 Å². The van der Waals surface area contributed by atoms with Crippen molar-refractivity contribution in [1.29, 1.82) is 0 Å². The molecule has 0 aliphatic carbocycles. The fourth-order valence-corrected chi connectivity index (χ4v) is 4.23. The average molecular weight is 471 g/mol. The van der Waals surface area contributed by atoms with Gasteiger partial charge in [0, 0.05) is 48.1 Å². The van der Waals surface area contributed by atoms with Crippen molar-refractivity contribution in [3.63, 3.8) is 0 Å². The quantitative estimate of drug-likeness (QED) is 0.366. The summed E-state index contributed by atoms with van der Waals surface area (Å²) in [7, 11) is 0. The second kappa shape index (κ2) is 8.43. The Hall–Kier alpha value is -4.40. The SMILES string of the molecule is O=c1c(-c2ccc(OC(F)F)cc2)c2nc(N3CCC3)ncc2cn1-c1ccc2ncccc2c1. The molecule has 4 heterocycles. The predicted octanol–water partition coefficient (Wildman–Crippen LogP) is 4.81. The molecule has 0 N–H and O–H groups in total. The molecule has 0 spiro atoms. The highest BCUT2D eigenvalue weighted by atomic mass is 19.3. The fraction of sp³-hybridized carbons (Fsp3) is 0.154. The normalized spacial score (nSPS) is 13.4. The van der Waals surface area contributed by atoms with E-state index in [2.05, 4.69) is 14.7 Å². The minimum Gasteiger partial charge on any atom is -0.435 e. The summed E-state index contributed by atoms with van der Waals surface area (Å²) in [5.74, 6) is 0.582. The second-order valence-corrected chi connectivity index (χ2v) is 8.28. The van der Waals surface area contributed by atoms with E-state index in [-0.39, 0.29) is 11.3 Å². The van der Waals surface area contributed by atoms with Gasteiger partial charge in [-0.2, -0.15) is 8.78 Å². The molecule has 5 aromatic rings. The lowest BCUT2D eigenvalue weighted by Crippen LogP contribution is -2.38. The van der Waals surface area contributed by atoms with E-state index in [9.17, 15) is 13.6 Å². The molecule has 0 atom stereocenters. The van der Waals surface area contributed by atoms with Gasteiger partial charge in [0.05, 0.1) is 16.6 Å². The van der Waals surface area contributed by atoms with Crippen LogP contribution in [0.15, 0.2) is 78.0 Å². The Morgan fingerprint density at radius 3 is 2.54 bits per heavy atom. The third-order valence-electron chi connectivity index (χ3n) is 6.11. The molecular formula is C26H19F2N5O2. The van der Waals surface area contributed by atoms with Gasteiger partial charge in [-0.25, -0.2) is 9.97 Å². The minimum atomic E-state index is -2.93. The van der Waals surface area contributed by atoms with Crippen LogP contribution in [0.3, 0.4) is 0 Å². The van der Waals surface area contributed by atoms with E-state index in [1.54, 1.807) is 35.3 Å². The molecule has 174 valence electrons. The smallest absolute Gasteiger partial charge is 0.387 e.